The highest BCUT2D eigenvalue weighted by atomic mass is 16.5. The summed E-state index contributed by atoms with van der Waals surface area (Å²) in [6.07, 6.45) is 3.12. The van der Waals surface area contributed by atoms with Crippen molar-refractivity contribution in [2.45, 2.75) is 19.8 Å². The quantitative estimate of drug-likeness (QED) is 0.585. The van der Waals surface area contributed by atoms with Gasteiger partial charge in [-0.25, -0.2) is 4.98 Å². The van der Waals surface area contributed by atoms with E-state index in [9.17, 15) is 9.59 Å². The molecule has 0 radical (unpaired) electrons. The normalized spacial score (nSPS) is 13.9. The zero-order valence-corrected chi connectivity index (χ0v) is 18.9. The summed E-state index contributed by atoms with van der Waals surface area (Å²) < 4.78 is 5.21. The van der Waals surface area contributed by atoms with E-state index in [1.165, 1.54) is 0 Å². The van der Waals surface area contributed by atoms with Crippen molar-refractivity contribution >= 4 is 29.0 Å². The molecule has 0 unspecified atom stereocenters. The molecule has 0 aliphatic carbocycles. The molecule has 0 bridgehead atoms. The van der Waals surface area contributed by atoms with Gasteiger partial charge < -0.3 is 20.3 Å². The molecule has 170 valence electrons. The molecule has 33 heavy (non-hydrogen) atoms. The van der Waals surface area contributed by atoms with Gasteiger partial charge in [0.15, 0.2) is 0 Å². The Morgan fingerprint density at radius 3 is 2.42 bits per heavy atom. The van der Waals surface area contributed by atoms with Gasteiger partial charge in [-0.05, 0) is 61.7 Å². The van der Waals surface area contributed by atoms with Gasteiger partial charge in [-0.3, -0.25) is 9.59 Å². The van der Waals surface area contributed by atoms with Crippen LogP contribution >= 0.6 is 0 Å². The van der Waals surface area contributed by atoms with Gasteiger partial charge in [0.25, 0.3) is 5.91 Å². The molecule has 0 spiro atoms. The Bertz CT molecular complexity index is 1140. The van der Waals surface area contributed by atoms with E-state index in [1.54, 1.807) is 31.5 Å². The number of aryl methyl sites for hydroxylation is 1. The molecule has 1 aliphatic rings. The first-order chi connectivity index (χ1) is 16.0. The van der Waals surface area contributed by atoms with Gasteiger partial charge in [0.2, 0.25) is 5.91 Å². The second-order valence-electron chi connectivity index (χ2n) is 8.21. The summed E-state index contributed by atoms with van der Waals surface area (Å²) in [6.45, 7) is 3.42. The Hall–Kier alpha value is -3.87. The van der Waals surface area contributed by atoms with E-state index in [0.717, 1.165) is 29.9 Å². The highest BCUT2D eigenvalue weighted by Crippen LogP contribution is 2.24. The predicted molar refractivity (Wildman–Crippen MR) is 130 cm³/mol. The molecule has 7 heteroatoms. The molecular weight excluding hydrogens is 416 g/mol. The van der Waals surface area contributed by atoms with Crippen molar-refractivity contribution in [1.29, 1.82) is 0 Å². The van der Waals surface area contributed by atoms with Crippen molar-refractivity contribution in [3.05, 3.63) is 78.0 Å². The lowest BCUT2D eigenvalue weighted by Crippen LogP contribution is -2.38. The van der Waals surface area contributed by atoms with Crippen LogP contribution in [0.3, 0.4) is 0 Å². The zero-order chi connectivity index (χ0) is 23.2. The number of carbonyl (C=O) groups is 2. The lowest BCUT2D eigenvalue weighted by Gasteiger charge is -2.32. The van der Waals surface area contributed by atoms with E-state index in [1.807, 2.05) is 49.4 Å². The van der Waals surface area contributed by atoms with Gasteiger partial charge in [-0.1, -0.05) is 18.2 Å². The van der Waals surface area contributed by atoms with E-state index in [2.05, 4.69) is 20.5 Å². The van der Waals surface area contributed by atoms with Crippen LogP contribution in [0.5, 0.6) is 5.75 Å². The number of nitrogens with one attached hydrogen (secondary N) is 2. The fraction of sp³-hybridized carbons (Fsp3) is 0.269. The van der Waals surface area contributed by atoms with Gasteiger partial charge in [0.1, 0.15) is 11.6 Å². The van der Waals surface area contributed by atoms with Crippen LogP contribution in [-0.4, -0.2) is 37.0 Å². The zero-order valence-electron chi connectivity index (χ0n) is 18.9. The van der Waals surface area contributed by atoms with Gasteiger partial charge in [0, 0.05) is 48.2 Å². The third kappa shape index (κ3) is 5.68. The van der Waals surface area contributed by atoms with Crippen LogP contribution in [0, 0.1) is 12.8 Å². The summed E-state index contributed by atoms with van der Waals surface area (Å²) in [5.74, 6) is 1.23. The summed E-state index contributed by atoms with van der Waals surface area (Å²) in [5, 5.41) is 5.92. The molecule has 0 atom stereocenters. The molecule has 2 heterocycles. The first kappa shape index (κ1) is 22.3. The Kier molecular flexibility index (Phi) is 6.88. The highest BCUT2D eigenvalue weighted by Gasteiger charge is 2.26. The fourth-order valence-electron chi connectivity index (χ4n) is 3.97. The van der Waals surface area contributed by atoms with Crippen molar-refractivity contribution in [1.82, 2.24) is 4.98 Å². The SMILES string of the molecule is COc1cccc(NC(=O)c2ccnc(N3CCC(C(=O)Nc4cccc(C)c4)CC3)c2)c1. The van der Waals surface area contributed by atoms with Gasteiger partial charge >= 0.3 is 0 Å². The third-order valence-corrected chi connectivity index (χ3v) is 5.81. The molecule has 1 aromatic heterocycles. The molecule has 2 N–H and O–H groups in total. The number of piperidine rings is 1. The molecule has 2 aromatic carbocycles. The number of rotatable bonds is 6. The van der Waals surface area contributed by atoms with Gasteiger partial charge in [-0.2, -0.15) is 0 Å². The van der Waals surface area contributed by atoms with Crippen molar-refractivity contribution in [2.24, 2.45) is 5.92 Å². The van der Waals surface area contributed by atoms with Gasteiger partial charge in [-0.15, -0.1) is 0 Å². The Labute approximate surface area is 193 Å². The standard InChI is InChI=1S/C26H28N4O3/c1-18-5-3-6-21(15-18)28-25(31)19-10-13-30(14-11-19)24-16-20(9-12-27-24)26(32)29-22-7-4-8-23(17-22)33-2/h3-9,12,15-17,19H,10-11,13-14H2,1-2H3,(H,28,31)(H,29,32). The minimum Gasteiger partial charge on any atom is -0.497 e. The number of hydrogen-bond acceptors (Lipinski definition) is 5. The third-order valence-electron chi connectivity index (χ3n) is 5.81. The second kappa shape index (κ2) is 10.2. The van der Waals surface area contributed by atoms with Crippen LogP contribution < -0.4 is 20.3 Å². The van der Waals surface area contributed by atoms with Crippen LogP contribution in [0.25, 0.3) is 0 Å². The molecule has 2 amide bonds. The van der Waals surface area contributed by atoms with Crippen molar-refractivity contribution in [3.8, 4) is 5.75 Å². The van der Waals surface area contributed by atoms with Crippen LogP contribution in [0.4, 0.5) is 17.2 Å². The summed E-state index contributed by atoms with van der Waals surface area (Å²) in [4.78, 5) is 32.0. The molecule has 3 aromatic rings. The summed E-state index contributed by atoms with van der Waals surface area (Å²) in [6, 6.07) is 18.6. The average Bonchev–Trinajstić information content (AvgIpc) is 2.84. The molecule has 1 aliphatic heterocycles. The van der Waals surface area contributed by atoms with Crippen LogP contribution in [0.1, 0.15) is 28.8 Å². The maximum absolute atomic E-state index is 12.7. The number of carbonyl (C=O) groups excluding carboxylic acids is 2. The van der Waals surface area contributed by atoms with Crippen LogP contribution in [0.15, 0.2) is 66.9 Å². The number of benzene rings is 2. The monoisotopic (exact) mass is 444 g/mol. The predicted octanol–water partition coefficient (Wildman–Crippen LogP) is 4.51. The Morgan fingerprint density at radius 1 is 0.970 bits per heavy atom. The minimum absolute atomic E-state index is 0.0405. The molecule has 7 nitrogen and oxygen atoms in total. The second-order valence-corrected chi connectivity index (χ2v) is 8.21. The van der Waals surface area contributed by atoms with E-state index >= 15 is 0 Å². The summed E-state index contributed by atoms with van der Waals surface area (Å²) in [5.41, 5.74) is 3.14. The minimum atomic E-state index is -0.209. The maximum Gasteiger partial charge on any atom is 0.255 e. The molecule has 0 saturated carbocycles. The Balaban J connectivity index is 1.35. The average molecular weight is 445 g/mol. The number of hydrogen-bond donors (Lipinski definition) is 2. The number of amides is 2. The highest BCUT2D eigenvalue weighted by molar-refractivity contribution is 6.04. The number of pyridine rings is 1. The number of anilines is 3. The molecule has 1 fully saturated rings. The first-order valence-corrected chi connectivity index (χ1v) is 11.1. The topological polar surface area (TPSA) is 83.6 Å². The number of aromatic nitrogens is 1. The van der Waals surface area contributed by atoms with Crippen LogP contribution in [-0.2, 0) is 4.79 Å². The number of nitrogens with zero attached hydrogens (tertiary/aromatic N) is 2. The van der Waals surface area contributed by atoms with Crippen LogP contribution in [0.2, 0.25) is 0 Å². The fourth-order valence-corrected chi connectivity index (χ4v) is 3.97. The largest absolute Gasteiger partial charge is 0.497 e. The smallest absolute Gasteiger partial charge is 0.255 e. The molecular formula is C26H28N4O3. The first-order valence-electron chi connectivity index (χ1n) is 11.1. The summed E-state index contributed by atoms with van der Waals surface area (Å²) in [7, 11) is 1.59. The number of methoxy groups -OCH3 is 1. The number of ether oxygens (including phenoxy) is 1. The van der Waals surface area contributed by atoms with Crippen molar-refractivity contribution < 1.29 is 14.3 Å². The Morgan fingerprint density at radius 2 is 1.70 bits per heavy atom. The summed E-state index contributed by atoms with van der Waals surface area (Å²) >= 11 is 0. The molecule has 1 saturated heterocycles. The van der Waals surface area contributed by atoms with E-state index in [4.69, 9.17) is 4.74 Å². The van der Waals surface area contributed by atoms with Crippen molar-refractivity contribution in [3.63, 3.8) is 0 Å². The van der Waals surface area contributed by atoms with E-state index in [-0.39, 0.29) is 17.7 Å². The maximum atomic E-state index is 12.7. The molecule has 4 rings (SSSR count). The lowest BCUT2D eigenvalue weighted by molar-refractivity contribution is -0.120. The van der Waals surface area contributed by atoms with Gasteiger partial charge in [0.05, 0.1) is 7.11 Å². The van der Waals surface area contributed by atoms with E-state index in [0.29, 0.717) is 30.1 Å². The van der Waals surface area contributed by atoms with Crippen molar-refractivity contribution in [2.75, 3.05) is 35.7 Å². The van der Waals surface area contributed by atoms with E-state index < -0.39 is 0 Å². The lowest BCUT2D eigenvalue weighted by atomic mass is 9.95.